The number of carbonyl (C=O) groups is 2. The minimum atomic E-state index is -0.919. The molecule has 4 nitrogen and oxygen atoms in total. The van der Waals surface area contributed by atoms with E-state index in [1.54, 1.807) is 25.1 Å². The van der Waals surface area contributed by atoms with Crippen LogP contribution in [0.3, 0.4) is 0 Å². The smallest absolute Gasteiger partial charge is 0.397 e. The predicted octanol–water partition coefficient (Wildman–Crippen LogP) is 2.45. The van der Waals surface area contributed by atoms with E-state index >= 15 is 0 Å². The molecule has 0 saturated carbocycles. The topological polar surface area (TPSA) is 55.4 Å². The number of esters is 1. The fraction of sp³-hybridized carbons (Fsp3) is 0.200. The van der Waals surface area contributed by atoms with Crippen molar-refractivity contribution in [2.24, 2.45) is 0 Å². The number of nitrogens with one attached hydrogen (secondary N) is 1. The Morgan fingerprint density at radius 2 is 2.19 bits per heavy atom. The third-order valence-corrected chi connectivity index (χ3v) is 2.62. The summed E-state index contributed by atoms with van der Waals surface area (Å²) in [6.07, 6.45) is 0. The van der Waals surface area contributed by atoms with Crippen LogP contribution in [0.2, 0.25) is 5.02 Å². The van der Waals surface area contributed by atoms with Crippen molar-refractivity contribution in [3.63, 3.8) is 0 Å². The van der Waals surface area contributed by atoms with E-state index in [-0.39, 0.29) is 6.61 Å². The normalized spacial score (nSPS) is 9.69. The quantitative estimate of drug-likeness (QED) is 0.505. The molecular weight excluding hydrogens is 344 g/mol. The summed E-state index contributed by atoms with van der Waals surface area (Å²) in [6, 6.07) is 5.08. The lowest BCUT2D eigenvalue weighted by Gasteiger charge is -2.06. The van der Waals surface area contributed by atoms with Gasteiger partial charge in [0.1, 0.15) is 0 Å². The van der Waals surface area contributed by atoms with Crippen LogP contribution in [-0.2, 0) is 14.3 Å². The third-order valence-electron chi connectivity index (χ3n) is 1.64. The van der Waals surface area contributed by atoms with Gasteiger partial charge in [0.05, 0.1) is 17.3 Å². The lowest BCUT2D eigenvalue weighted by Crippen LogP contribution is -2.25. The van der Waals surface area contributed by atoms with E-state index in [9.17, 15) is 9.59 Å². The van der Waals surface area contributed by atoms with Crippen molar-refractivity contribution in [3.8, 4) is 0 Å². The van der Waals surface area contributed by atoms with E-state index < -0.39 is 11.9 Å². The summed E-state index contributed by atoms with van der Waals surface area (Å²) in [4.78, 5) is 22.3. The van der Waals surface area contributed by atoms with Gasteiger partial charge in [0.15, 0.2) is 0 Å². The van der Waals surface area contributed by atoms with E-state index in [2.05, 4.69) is 32.6 Å². The van der Waals surface area contributed by atoms with Crippen LogP contribution in [0.25, 0.3) is 0 Å². The van der Waals surface area contributed by atoms with Crippen molar-refractivity contribution in [1.29, 1.82) is 0 Å². The Hall–Kier alpha value is -0.820. The molecule has 1 aromatic carbocycles. The maximum Gasteiger partial charge on any atom is 0.397 e. The molecule has 0 aromatic heterocycles. The Bertz CT molecular complexity index is 423. The van der Waals surface area contributed by atoms with Crippen LogP contribution >= 0.6 is 34.2 Å². The first-order chi connectivity index (χ1) is 7.54. The monoisotopic (exact) mass is 353 g/mol. The number of benzene rings is 1. The molecule has 0 radical (unpaired) electrons. The van der Waals surface area contributed by atoms with Gasteiger partial charge in [-0.2, -0.15) is 0 Å². The van der Waals surface area contributed by atoms with Crippen LogP contribution in [0, 0.1) is 3.57 Å². The largest absolute Gasteiger partial charge is 0.459 e. The highest BCUT2D eigenvalue weighted by molar-refractivity contribution is 14.1. The highest BCUT2D eigenvalue weighted by Gasteiger charge is 2.15. The minimum Gasteiger partial charge on any atom is -0.459 e. The van der Waals surface area contributed by atoms with Crippen LogP contribution in [0.5, 0.6) is 0 Å². The SMILES string of the molecule is CCOC(=O)C(=O)Nc1ccc(I)cc1Cl. The van der Waals surface area contributed by atoms with E-state index in [0.29, 0.717) is 10.7 Å². The summed E-state index contributed by atoms with van der Waals surface area (Å²) in [5, 5.41) is 2.75. The van der Waals surface area contributed by atoms with Crippen molar-refractivity contribution in [1.82, 2.24) is 0 Å². The van der Waals surface area contributed by atoms with Crippen LogP contribution < -0.4 is 5.32 Å². The number of hydrogen-bond acceptors (Lipinski definition) is 3. The number of rotatable bonds is 2. The van der Waals surface area contributed by atoms with Gasteiger partial charge in [0.25, 0.3) is 0 Å². The van der Waals surface area contributed by atoms with Crippen LogP contribution in [0.15, 0.2) is 18.2 Å². The summed E-state index contributed by atoms with van der Waals surface area (Å²) in [5.74, 6) is -1.75. The maximum atomic E-state index is 11.3. The number of hydrogen-bond donors (Lipinski definition) is 1. The van der Waals surface area contributed by atoms with Gasteiger partial charge in [-0.25, -0.2) is 4.79 Å². The summed E-state index contributed by atoms with van der Waals surface area (Å²) >= 11 is 7.98. The second-order valence-corrected chi connectivity index (χ2v) is 4.45. The number of carbonyl (C=O) groups excluding carboxylic acids is 2. The van der Waals surface area contributed by atoms with E-state index in [0.717, 1.165) is 3.57 Å². The molecule has 1 amide bonds. The van der Waals surface area contributed by atoms with Crippen LogP contribution in [-0.4, -0.2) is 18.5 Å². The summed E-state index contributed by atoms with van der Waals surface area (Å²) < 4.78 is 5.49. The number of halogens is 2. The van der Waals surface area contributed by atoms with Crippen LogP contribution in [0.1, 0.15) is 6.92 Å². The lowest BCUT2D eigenvalue weighted by molar-refractivity contribution is -0.152. The Morgan fingerprint density at radius 3 is 2.75 bits per heavy atom. The molecule has 6 heteroatoms. The van der Waals surface area contributed by atoms with Gasteiger partial charge in [-0.15, -0.1) is 0 Å². The highest BCUT2D eigenvalue weighted by Crippen LogP contribution is 2.23. The molecule has 0 saturated heterocycles. The lowest BCUT2D eigenvalue weighted by atomic mass is 10.3. The van der Waals surface area contributed by atoms with Gasteiger partial charge in [-0.3, -0.25) is 4.79 Å². The zero-order valence-corrected chi connectivity index (χ0v) is 11.3. The van der Waals surface area contributed by atoms with Gasteiger partial charge in [0.2, 0.25) is 0 Å². The zero-order valence-electron chi connectivity index (χ0n) is 8.42. The van der Waals surface area contributed by atoms with Crippen LogP contribution in [0.4, 0.5) is 5.69 Å². The van der Waals surface area contributed by atoms with Crippen molar-refractivity contribution >= 4 is 51.8 Å². The van der Waals surface area contributed by atoms with E-state index in [4.69, 9.17) is 11.6 Å². The first-order valence-corrected chi connectivity index (χ1v) is 5.93. The molecule has 1 rings (SSSR count). The molecule has 0 atom stereocenters. The molecule has 0 bridgehead atoms. The third kappa shape index (κ3) is 3.64. The second-order valence-electron chi connectivity index (χ2n) is 2.80. The number of anilines is 1. The van der Waals surface area contributed by atoms with Gasteiger partial charge >= 0.3 is 11.9 Å². The Morgan fingerprint density at radius 1 is 1.50 bits per heavy atom. The number of amides is 1. The van der Waals surface area contributed by atoms with E-state index in [1.165, 1.54) is 0 Å². The first-order valence-electron chi connectivity index (χ1n) is 4.47. The average Bonchev–Trinajstić information content (AvgIpc) is 2.22. The molecule has 0 unspecified atom stereocenters. The molecule has 0 aliphatic rings. The molecule has 0 aliphatic carbocycles. The maximum absolute atomic E-state index is 11.3. The Labute approximate surface area is 111 Å². The van der Waals surface area contributed by atoms with Gasteiger partial charge in [0, 0.05) is 3.57 Å². The summed E-state index contributed by atoms with van der Waals surface area (Å²) in [5.41, 5.74) is 0.389. The van der Waals surface area contributed by atoms with Gasteiger partial charge < -0.3 is 10.1 Å². The molecule has 1 N–H and O–H groups in total. The number of ether oxygens (including phenoxy) is 1. The Balaban J connectivity index is 2.73. The molecular formula is C10H9ClINO3. The van der Waals surface area contributed by atoms with Crippen molar-refractivity contribution in [2.75, 3.05) is 11.9 Å². The molecule has 86 valence electrons. The minimum absolute atomic E-state index is 0.159. The average molecular weight is 354 g/mol. The van der Waals surface area contributed by atoms with Crippen molar-refractivity contribution in [3.05, 3.63) is 26.8 Å². The fourth-order valence-corrected chi connectivity index (χ4v) is 1.86. The molecule has 1 aromatic rings. The van der Waals surface area contributed by atoms with Crippen molar-refractivity contribution in [2.45, 2.75) is 6.92 Å². The molecule has 0 heterocycles. The van der Waals surface area contributed by atoms with Gasteiger partial charge in [-0.1, -0.05) is 11.6 Å². The highest BCUT2D eigenvalue weighted by atomic mass is 127. The Kier molecular flexibility index (Phi) is 5.01. The zero-order chi connectivity index (χ0) is 12.1. The van der Waals surface area contributed by atoms with E-state index in [1.807, 2.05) is 0 Å². The molecule has 16 heavy (non-hydrogen) atoms. The van der Waals surface area contributed by atoms with Gasteiger partial charge in [-0.05, 0) is 47.7 Å². The summed E-state index contributed by atoms with van der Waals surface area (Å²) in [7, 11) is 0. The first kappa shape index (κ1) is 13.2. The molecule has 0 aliphatic heterocycles. The molecule has 0 spiro atoms. The summed E-state index contributed by atoms with van der Waals surface area (Å²) in [6.45, 7) is 1.79. The standard InChI is InChI=1S/C10H9ClINO3/c1-2-16-10(15)9(14)13-8-4-3-6(12)5-7(8)11/h3-5H,2H2,1H3,(H,13,14). The van der Waals surface area contributed by atoms with Crippen molar-refractivity contribution < 1.29 is 14.3 Å². The fourth-order valence-electron chi connectivity index (χ4n) is 0.961. The predicted molar refractivity (Wildman–Crippen MR) is 69.4 cm³/mol. The molecule has 0 fully saturated rings. The second kappa shape index (κ2) is 6.05.